The Labute approximate surface area is 123 Å². The van der Waals surface area contributed by atoms with Crippen LogP contribution in [0.25, 0.3) is 10.8 Å². The van der Waals surface area contributed by atoms with Crippen LogP contribution in [0.15, 0.2) is 40.9 Å². The molecule has 0 radical (unpaired) electrons. The van der Waals surface area contributed by atoms with Crippen LogP contribution in [0, 0.1) is 0 Å². The van der Waals surface area contributed by atoms with E-state index in [-0.39, 0.29) is 6.42 Å². The van der Waals surface area contributed by atoms with Crippen LogP contribution in [0.3, 0.4) is 0 Å². The highest BCUT2D eigenvalue weighted by Crippen LogP contribution is 2.29. The standard InChI is InChI=1S/C14H14BrF3N2/c15-12-4-3-9-7-11(2-1-10(9)8-12)13(20-19)5-6-14(16,17)18/h1-4,7-8,13,20H,5-6,19H2. The lowest BCUT2D eigenvalue weighted by molar-refractivity contribution is -0.136. The van der Waals surface area contributed by atoms with E-state index in [1.165, 1.54) is 0 Å². The van der Waals surface area contributed by atoms with Crippen molar-refractivity contribution < 1.29 is 13.2 Å². The van der Waals surface area contributed by atoms with E-state index < -0.39 is 18.6 Å². The third-order valence-corrected chi connectivity index (χ3v) is 3.64. The van der Waals surface area contributed by atoms with Gasteiger partial charge in [-0.05, 0) is 41.0 Å². The van der Waals surface area contributed by atoms with Crippen LogP contribution in [0.5, 0.6) is 0 Å². The predicted molar refractivity (Wildman–Crippen MR) is 77.0 cm³/mol. The van der Waals surface area contributed by atoms with E-state index in [1.807, 2.05) is 30.3 Å². The number of nitrogens with two attached hydrogens (primary N) is 1. The smallest absolute Gasteiger partial charge is 0.271 e. The first kappa shape index (κ1) is 15.3. The molecular formula is C14H14BrF3N2. The Morgan fingerprint density at radius 3 is 2.40 bits per heavy atom. The fraction of sp³-hybridized carbons (Fsp3) is 0.286. The first-order valence-electron chi connectivity index (χ1n) is 6.11. The van der Waals surface area contributed by atoms with Gasteiger partial charge in [0.2, 0.25) is 0 Å². The number of rotatable bonds is 4. The number of alkyl halides is 3. The third kappa shape index (κ3) is 3.94. The van der Waals surface area contributed by atoms with Crippen LogP contribution in [0.1, 0.15) is 24.4 Å². The first-order chi connectivity index (χ1) is 9.39. The second-order valence-corrected chi connectivity index (χ2v) is 5.54. The molecule has 0 aliphatic rings. The molecule has 2 nitrogen and oxygen atoms in total. The van der Waals surface area contributed by atoms with Crippen LogP contribution in [-0.2, 0) is 0 Å². The van der Waals surface area contributed by atoms with Crippen molar-refractivity contribution in [2.75, 3.05) is 0 Å². The summed E-state index contributed by atoms with van der Waals surface area (Å²) in [7, 11) is 0. The molecule has 3 N–H and O–H groups in total. The normalized spacial score (nSPS) is 13.7. The second-order valence-electron chi connectivity index (χ2n) is 4.62. The number of hydrogen-bond acceptors (Lipinski definition) is 2. The zero-order valence-electron chi connectivity index (χ0n) is 10.5. The topological polar surface area (TPSA) is 38.0 Å². The molecule has 0 amide bonds. The van der Waals surface area contributed by atoms with Crippen molar-refractivity contribution >= 4 is 26.7 Å². The summed E-state index contributed by atoms with van der Waals surface area (Å²) in [6, 6.07) is 10.8. The number of nitrogens with one attached hydrogen (secondary N) is 1. The average molecular weight is 347 g/mol. The molecule has 0 aliphatic carbocycles. The summed E-state index contributed by atoms with van der Waals surface area (Å²) >= 11 is 3.38. The van der Waals surface area contributed by atoms with Gasteiger partial charge in [-0.15, -0.1) is 0 Å². The predicted octanol–water partition coefficient (Wildman–Crippen LogP) is 4.45. The van der Waals surface area contributed by atoms with Gasteiger partial charge in [0.15, 0.2) is 0 Å². The highest BCUT2D eigenvalue weighted by molar-refractivity contribution is 9.10. The van der Waals surface area contributed by atoms with Crippen LogP contribution < -0.4 is 11.3 Å². The maximum atomic E-state index is 12.3. The van der Waals surface area contributed by atoms with Gasteiger partial charge in [-0.25, -0.2) is 0 Å². The number of hydrogen-bond donors (Lipinski definition) is 2. The lowest BCUT2D eigenvalue weighted by Crippen LogP contribution is -2.29. The summed E-state index contributed by atoms with van der Waals surface area (Å²) in [6.45, 7) is 0. The number of halogens is 4. The number of hydrazine groups is 1. The fourth-order valence-electron chi connectivity index (χ4n) is 2.11. The zero-order chi connectivity index (χ0) is 14.8. The Morgan fingerprint density at radius 1 is 1.10 bits per heavy atom. The summed E-state index contributed by atoms with van der Waals surface area (Å²) in [6.07, 6.45) is -5.11. The molecule has 6 heteroatoms. The van der Waals surface area contributed by atoms with Crippen LogP contribution in [0.4, 0.5) is 13.2 Å². The van der Waals surface area contributed by atoms with Gasteiger partial charge in [0, 0.05) is 16.9 Å². The molecule has 2 rings (SSSR count). The van der Waals surface area contributed by atoms with Gasteiger partial charge in [0.05, 0.1) is 0 Å². The molecule has 0 spiro atoms. The summed E-state index contributed by atoms with van der Waals surface area (Å²) in [5.41, 5.74) is 3.21. The van der Waals surface area contributed by atoms with Gasteiger partial charge in [0.1, 0.15) is 0 Å². The monoisotopic (exact) mass is 346 g/mol. The van der Waals surface area contributed by atoms with E-state index >= 15 is 0 Å². The highest BCUT2D eigenvalue weighted by Gasteiger charge is 2.28. The van der Waals surface area contributed by atoms with E-state index in [9.17, 15) is 13.2 Å². The van der Waals surface area contributed by atoms with Gasteiger partial charge in [-0.2, -0.15) is 13.2 Å². The summed E-state index contributed by atoms with van der Waals surface area (Å²) in [5, 5.41) is 1.99. The Balaban J connectivity index is 2.23. The van der Waals surface area contributed by atoms with Crippen molar-refractivity contribution in [3.05, 3.63) is 46.4 Å². The van der Waals surface area contributed by atoms with E-state index in [4.69, 9.17) is 5.84 Å². The molecule has 0 heterocycles. The molecule has 0 fully saturated rings. The van der Waals surface area contributed by atoms with E-state index in [2.05, 4.69) is 21.4 Å². The minimum Gasteiger partial charge on any atom is -0.271 e. The lowest BCUT2D eigenvalue weighted by atomic mass is 9.99. The minimum absolute atomic E-state index is 0.0813. The fourth-order valence-corrected chi connectivity index (χ4v) is 2.48. The molecule has 0 aliphatic heterocycles. The quantitative estimate of drug-likeness (QED) is 0.634. The summed E-state index contributed by atoms with van der Waals surface area (Å²) in [4.78, 5) is 0. The molecule has 2 aromatic carbocycles. The second kappa shape index (κ2) is 6.11. The van der Waals surface area contributed by atoms with Gasteiger partial charge in [-0.3, -0.25) is 11.3 Å². The first-order valence-corrected chi connectivity index (χ1v) is 6.90. The van der Waals surface area contributed by atoms with Crippen molar-refractivity contribution in [2.24, 2.45) is 5.84 Å². The highest BCUT2D eigenvalue weighted by atomic mass is 79.9. The van der Waals surface area contributed by atoms with Crippen LogP contribution >= 0.6 is 15.9 Å². The summed E-state index contributed by atoms with van der Waals surface area (Å²) < 4.78 is 37.8. The molecule has 2 aromatic rings. The maximum absolute atomic E-state index is 12.3. The Kier molecular flexibility index (Phi) is 4.67. The van der Waals surface area contributed by atoms with Gasteiger partial charge >= 0.3 is 6.18 Å². The average Bonchev–Trinajstić information content (AvgIpc) is 2.38. The van der Waals surface area contributed by atoms with E-state index in [1.54, 1.807) is 6.07 Å². The number of benzene rings is 2. The van der Waals surface area contributed by atoms with E-state index in [0.29, 0.717) is 0 Å². The minimum atomic E-state index is -4.17. The molecule has 0 bridgehead atoms. The molecule has 108 valence electrons. The van der Waals surface area contributed by atoms with E-state index in [0.717, 1.165) is 20.8 Å². The SMILES string of the molecule is NNC(CCC(F)(F)F)c1ccc2cc(Br)ccc2c1. The molecule has 1 unspecified atom stereocenters. The largest absolute Gasteiger partial charge is 0.389 e. The van der Waals surface area contributed by atoms with Crippen molar-refractivity contribution in [2.45, 2.75) is 25.1 Å². The van der Waals surface area contributed by atoms with Crippen molar-refractivity contribution in [3.63, 3.8) is 0 Å². The zero-order valence-corrected chi connectivity index (χ0v) is 12.1. The van der Waals surface area contributed by atoms with Crippen molar-refractivity contribution in [1.82, 2.24) is 5.43 Å². The molecular weight excluding hydrogens is 333 g/mol. The third-order valence-electron chi connectivity index (χ3n) is 3.15. The summed E-state index contributed by atoms with van der Waals surface area (Å²) in [5.74, 6) is 5.38. The van der Waals surface area contributed by atoms with Crippen molar-refractivity contribution in [3.8, 4) is 0 Å². The Hall–Kier alpha value is -1.11. The molecule has 0 saturated carbocycles. The number of fused-ring (bicyclic) bond motifs is 1. The maximum Gasteiger partial charge on any atom is 0.389 e. The van der Waals surface area contributed by atoms with Crippen LogP contribution in [-0.4, -0.2) is 6.18 Å². The molecule has 0 aromatic heterocycles. The van der Waals surface area contributed by atoms with Crippen molar-refractivity contribution in [1.29, 1.82) is 0 Å². The molecule has 20 heavy (non-hydrogen) atoms. The van der Waals surface area contributed by atoms with Gasteiger partial charge in [-0.1, -0.05) is 34.1 Å². The molecule has 1 atom stereocenters. The van der Waals surface area contributed by atoms with Gasteiger partial charge < -0.3 is 0 Å². The molecule has 0 saturated heterocycles. The Morgan fingerprint density at radius 2 is 1.75 bits per heavy atom. The lowest BCUT2D eigenvalue weighted by Gasteiger charge is -2.18. The van der Waals surface area contributed by atoms with Crippen LogP contribution in [0.2, 0.25) is 0 Å². The van der Waals surface area contributed by atoms with Gasteiger partial charge in [0.25, 0.3) is 0 Å². The Bertz CT molecular complexity index is 598.